The SMILES string of the molecule is FC1(F)Oc2ccc(Nc3ccnc(Cl)c3)cc2O1. The van der Waals surface area contributed by atoms with Crippen molar-refractivity contribution in [1.82, 2.24) is 4.98 Å². The molecular weight excluding hydrogens is 278 g/mol. The van der Waals surface area contributed by atoms with Crippen LogP contribution in [0.3, 0.4) is 0 Å². The summed E-state index contributed by atoms with van der Waals surface area (Å²) in [5.41, 5.74) is 1.26. The van der Waals surface area contributed by atoms with Gasteiger partial charge in [0, 0.05) is 23.6 Å². The van der Waals surface area contributed by atoms with Gasteiger partial charge in [0.1, 0.15) is 5.15 Å². The summed E-state index contributed by atoms with van der Waals surface area (Å²) >= 11 is 5.75. The van der Waals surface area contributed by atoms with Crippen molar-refractivity contribution in [3.05, 3.63) is 41.7 Å². The van der Waals surface area contributed by atoms with Gasteiger partial charge in [0.15, 0.2) is 11.5 Å². The number of halogens is 3. The van der Waals surface area contributed by atoms with Crippen LogP contribution in [0.1, 0.15) is 0 Å². The highest BCUT2D eigenvalue weighted by Gasteiger charge is 2.43. The molecule has 0 atom stereocenters. The summed E-state index contributed by atoms with van der Waals surface area (Å²) in [4.78, 5) is 3.84. The number of aromatic nitrogens is 1. The average Bonchev–Trinajstić information content (AvgIpc) is 2.62. The highest BCUT2D eigenvalue weighted by Crippen LogP contribution is 2.42. The molecule has 19 heavy (non-hydrogen) atoms. The van der Waals surface area contributed by atoms with Crippen LogP contribution in [-0.4, -0.2) is 11.3 Å². The minimum Gasteiger partial charge on any atom is -0.395 e. The molecule has 0 unspecified atom stereocenters. The van der Waals surface area contributed by atoms with Gasteiger partial charge in [0.05, 0.1) is 0 Å². The first-order valence-electron chi connectivity index (χ1n) is 5.30. The predicted octanol–water partition coefficient (Wildman–Crippen LogP) is 3.80. The van der Waals surface area contributed by atoms with Gasteiger partial charge < -0.3 is 14.8 Å². The molecule has 0 spiro atoms. The molecule has 0 saturated carbocycles. The molecule has 0 bridgehead atoms. The Morgan fingerprint density at radius 3 is 2.58 bits per heavy atom. The van der Waals surface area contributed by atoms with Gasteiger partial charge in [0.2, 0.25) is 0 Å². The van der Waals surface area contributed by atoms with Crippen LogP contribution in [0.2, 0.25) is 5.15 Å². The Balaban J connectivity index is 1.85. The third-order valence-electron chi connectivity index (χ3n) is 2.42. The van der Waals surface area contributed by atoms with E-state index in [1.807, 2.05) is 0 Å². The second-order valence-corrected chi connectivity index (χ2v) is 4.21. The van der Waals surface area contributed by atoms with E-state index < -0.39 is 6.29 Å². The molecule has 1 aromatic heterocycles. The van der Waals surface area contributed by atoms with Gasteiger partial charge in [-0.2, -0.15) is 0 Å². The Morgan fingerprint density at radius 2 is 1.79 bits per heavy atom. The third-order valence-corrected chi connectivity index (χ3v) is 2.62. The maximum absolute atomic E-state index is 12.9. The van der Waals surface area contributed by atoms with Crippen molar-refractivity contribution in [2.24, 2.45) is 0 Å². The van der Waals surface area contributed by atoms with E-state index in [0.717, 1.165) is 0 Å². The molecule has 0 fully saturated rings. The zero-order valence-electron chi connectivity index (χ0n) is 9.36. The number of alkyl halides is 2. The molecule has 1 aromatic carbocycles. The lowest BCUT2D eigenvalue weighted by Gasteiger charge is -2.07. The minimum absolute atomic E-state index is 0.00307. The van der Waals surface area contributed by atoms with Crippen LogP contribution >= 0.6 is 11.6 Å². The van der Waals surface area contributed by atoms with Crippen LogP contribution in [0.4, 0.5) is 20.2 Å². The molecule has 1 aliphatic heterocycles. The van der Waals surface area contributed by atoms with Gasteiger partial charge in [0.25, 0.3) is 0 Å². The van der Waals surface area contributed by atoms with E-state index in [0.29, 0.717) is 16.5 Å². The van der Waals surface area contributed by atoms with E-state index in [1.54, 1.807) is 18.2 Å². The molecule has 2 aromatic rings. The second-order valence-electron chi connectivity index (χ2n) is 3.82. The topological polar surface area (TPSA) is 43.4 Å². The molecule has 0 radical (unpaired) electrons. The third kappa shape index (κ3) is 2.53. The largest absolute Gasteiger partial charge is 0.586 e. The summed E-state index contributed by atoms with van der Waals surface area (Å²) in [5, 5.41) is 3.33. The fourth-order valence-electron chi connectivity index (χ4n) is 1.67. The number of pyridine rings is 1. The molecule has 98 valence electrons. The number of hydrogen-bond acceptors (Lipinski definition) is 4. The molecule has 3 rings (SSSR count). The van der Waals surface area contributed by atoms with Crippen molar-refractivity contribution in [1.29, 1.82) is 0 Å². The van der Waals surface area contributed by atoms with Gasteiger partial charge in [-0.15, -0.1) is 8.78 Å². The van der Waals surface area contributed by atoms with E-state index in [4.69, 9.17) is 11.6 Å². The van der Waals surface area contributed by atoms with Gasteiger partial charge >= 0.3 is 6.29 Å². The summed E-state index contributed by atoms with van der Waals surface area (Å²) in [6, 6.07) is 7.73. The lowest BCUT2D eigenvalue weighted by Crippen LogP contribution is -2.25. The summed E-state index contributed by atoms with van der Waals surface area (Å²) in [6.45, 7) is 0. The Labute approximate surface area is 111 Å². The Hall–Kier alpha value is -2.08. The number of hydrogen-bond donors (Lipinski definition) is 1. The van der Waals surface area contributed by atoms with Crippen LogP contribution < -0.4 is 14.8 Å². The van der Waals surface area contributed by atoms with Crippen molar-refractivity contribution in [3.63, 3.8) is 0 Å². The van der Waals surface area contributed by atoms with Gasteiger partial charge in [-0.25, -0.2) is 4.98 Å². The molecule has 1 aliphatic rings. The highest BCUT2D eigenvalue weighted by molar-refractivity contribution is 6.29. The molecule has 2 heterocycles. The second kappa shape index (κ2) is 4.24. The van der Waals surface area contributed by atoms with Crippen molar-refractivity contribution < 1.29 is 18.3 Å². The van der Waals surface area contributed by atoms with Gasteiger partial charge in [-0.1, -0.05) is 11.6 Å². The van der Waals surface area contributed by atoms with E-state index in [1.165, 1.54) is 18.3 Å². The highest BCUT2D eigenvalue weighted by atomic mass is 35.5. The summed E-state index contributed by atoms with van der Waals surface area (Å²) < 4.78 is 34.4. The number of nitrogens with one attached hydrogen (secondary N) is 1. The van der Waals surface area contributed by atoms with E-state index in [2.05, 4.69) is 19.8 Å². The van der Waals surface area contributed by atoms with E-state index in [9.17, 15) is 8.78 Å². The molecule has 0 amide bonds. The molecule has 4 nitrogen and oxygen atoms in total. The number of fused-ring (bicyclic) bond motifs is 1. The summed E-state index contributed by atoms with van der Waals surface area (Å²) in [7, 11) is 0. The minimum atomic E-state index is -3.61. The normalized spacial score (nSPS) is 15.3. The number of rotatable bonds is 2. The van der Waals surface area contributed by atoms with Crippen LogP contribution in [0.5, 0.6) is 11.5 Å². The Kier molecular flexibility index (Phi) is 2.67. The van der Waals surface area contributed by atoms with Crippen molar-refractivity contribution in [2.45, 2.75) is 6.29 Å². The molecule has 1 N–H and O–H groups in total. The van der Waals surface area contributed by atoms with Crippen molar-refractivity contribution in [3.8, 4) is 11.5 Å². The molecule has 0 aliphatic carbocycles. The average molecular weight is 285 g/mol. The fourth-order valence-corrected chi connectivity index (χ4v) is 1.85. The molecule has 0 saturated heterocycles. The smallest absolute Gasteiger partial charge is 0.395 e. The number of ether oxygens (including phenoxy) is 2. The maximum Gasteiger partial charge on any atom is 0.586 e. The quantitative estimate of drug-likeness (QED) is 0.852. The number of anilines is 2. The lowest BCUT2D eigenvalue weighted by atomic mass is 10.2. The van der Waals surface area contributed by atoms with Crippen LogP contribution in [0.15, 0.2) is 36.5 Å². The van der Waals surface area contributed by atoms with Crippen LogP contribution in [0.25, 0.3) is 0 Å². The summed E-state index contributed by atoms with van der Waals surface area (Å²) in [6.07, 6.45) is -2.08. The van der Waals surface area contributed by atoms with Gasteiger partial charge in [-0.3, -0.25) is 0 Å². The summed E-state index contributed by atoms with van der Waals surface area (Å²) in [5.74, 6) is -0.0153. The fraction of sp³-hybridized carbons (Fsp3) is 0.0833. The Morgan fingerprint density at radius 1 is 1.05 bits per heavy atom. The maximum atomic E-state index is 12.9. The predicted molar refractivity (Wildman–Crippen MR) is 65.2 cm³/mol. The molecule has 7 heteroatoms. The monoisotopic (exact) mass is 284 g/mol. The van der Waals surface area contributed by atoms with Gasteiger partial charge in [-0.05, 0) is 24.3 Å². The van der Waals surface area contributed by atoms with Crippen LogP contribution in [-0.2, 0) is 0 Å². The zero-order chi connectivity index (χ0) is 13.5. The number of nitrogens with zero attached hydrogens (tertiary/aromatic N) is 1. The first-order chi connectivity index (χ1) is 9.02. The Bertz CT molecular complexity index is 637. The first-order valence-corrected chi connectivity index (χ1v) is 5.68. The lowest BCUT2D eigenvalue weighted by molar-refractivity contribution is -0.286. The van der Waals surface area contributed by atoms with Crippen LogP contribution in [0, 0.1) is 0 Å². The van der Waals surface area contributed by atoms with Crippen molar-refractivity contribution in [2.75, 3.05) is 5.32 Å². The standard InChI is InChI=1S/C12H7ClF2N2O2/c13-11-6-8(3-4-16-11)17-7-1-2-9-10(5-7)19-12(14,15)18-9/h1-6H,(H,16,17). The first kappa shape index (κ1) is 12.0. The number of benzene rings is 1. The molecular formula is C12H7ClF2N2O2. The van der Waals surface area contributed by atoms with Crippen molar-refractivity contribution >= 4 is 23.0 Å². The zero-order valence-corrected chi connectivity index (χ0v) is 10.1. The van der Waals surface area contributed by atoms with E-state index >= 15 is 0 Å². The van der Waals surface area contributed by atoms with E-state index in [-0.39, 0.29) is 11.5 Å².